The van der Waals surface area contributed by atoms with Crippen LogP contribution in [-0.4, -0.2) is 13.2 Å². The van der Waals surface area contributed by atoms with Crippen LogP contribution in [0, 0.1) is 5.92 Å². The molecule has 0 heterocycles. The summed E-state index contributed by atoms with van der Waals surface area (Å²) in [5.41, 5.74) is 0. The first-order valence-corrected chi connectivity index (χ1v) is 19.3. The van der Waals surface area contributed by atoms with Gasteiger partial charge in [0.1, 0.15) is 0 Å². The molecule has 2 atom stereocenters. The summed E-state index contributed by atoms with van der Waals surface area (Å²) in [6.07, 6.45) is 48.0. The fourth-order valence-corrected chi connectivity index (χ4v) is 6.55. The van der Waals surface area contributed by atoms with Gasteiger partial charge < -0.3 is 4.74 Å². The molecule has 0 aromatic heterocycles. The van der Waals surface area contributed by atoms with Crippen LogP contribution in [0.15, 0.2) is 0 Å². The average molecular weight is 565 g/mol. The van der Waals surface area contributed by atoms with E-state index in [2.05, 4.69) is 20.8 Å². The van der Waals surface area contributed by atoms with Crippen molar-refractivity contribution >= 4 is 0 Å². The predicted molar refractivity (Wildman–Crippen MR) is 184 cm³/mol. The highest BCUT2D eigenvalue weighted by Gasteiger charge is 2.15. The van der Waals surface area contributed by atoms with Gasteiger partial charge in [-0.2, -0.15) is 0 Å². The molecule has 0 aromatic rings. The van der Waals surface area contributed by atoms with Crippen molar-refractivity contribution < 1.29 is 4.74 Å². The number of unbranched alkanes of at least 4 members (excludes halogenated alkanes) is 29. The quantitative estimate of drug-likeness (QED) is 0.0695. The van der Waals surface area contributed by atoms with Gasteiger partial charge in [0.2, 0.25) is 0 Å². The smallest absolute Gasteiger partial charge is 0.0596 e. The van der Waals surface area contributed by atoms with E-state index in [4.69, 9.17) is 4.74 Å². The topological polar surface area (TPSA) is 9.23 Å². The van der Waals surface area contributed by atoms with Gasteiger partial charge in [0.25, 0.3) is 0 Å². The van der Waals surface area contributed by atoms with Crippen LogP contribution in [0.4, 0.5) is 0 Å². The Morgan fingerprint density at radius 3 is 0.800 bits per heavy atom. The Hall–Kier alpha value is -0.0400. The second-order valence-electron chi connectivity index (χ2n) is 13.6. The largest absolute Gasteiger partial charge is 0.381 e. The number of methoxy groups -OCH3 is 1. The number of rotatable bonds is 35. The molecular weight excluding hydrogens is 484 g/mol. The summed E-state index contributed by atoms with van der Waals surface area (Å²) in [6.45, 7) is 7.05. The Balaban J connectivity index is 3.38. The fraction of sp³-hybridized carbons (Fsp3) is 1.00. The summed E-state index contributed by atoms with van der Waals surface area (Å²) in [7, 11) is 1.94. The third kappa shape index (κ3) is 30.9. The van der Waals surface area contributed by atoms with Gasteiger partial charge in [0, 0.05) is 7.11 Å². The lowest BCUT2D eigenvalue weighted by atomic mass is 9.93. The van der Waals surface area contributed by atoms with Crippen LogP contribution >= 0.6 is 0 Å². The van der Waals surface area contributed by atoms with Gasteiger partial charge in [-0.05, 0) is 18.8 Å². The third-order valence-electron chi connectivity index (χ3n) is 9.54. The van der Waals surface area contributed by atoms with Crippen molar-refractivity contribution in [3.8, 4) is 0 Å². The van der Waals surface area contributed by atoms with Crippen molar-refractivity contribution in [2.75, 3.05) is 7.11 Å². The van der Waals surface area contributed by atoms with E-state index in [1.165, 1.54) is 212 Å². The molecule has 0 aliphatic heterocycles. The van der Waals surface area contributed by atoms with Gasteiger partial charge in [-0.3, -0.25) is 0 Å². The summed E-state index contributed by atoms with van der Waals surface area (Å²) in [4.78, 5) is 0. The Morgan fingerprint density at radius 2 is 0.550 bits per heavy atom. The molecule has 0 fully saturated rings. The lowest BCUT2D eigenvalue weighted by molar-refractivity contribution is 0.0456. The average Bonchev–Trinajstić information content (AvgIpc) is 2.96. The molecule has 0 saturated carbocycles. The molecule has 0 bridgehead atoms. The van der Waals surface area contributed by atoms with Crippen molar-refractivity contribution in [3.05, 3.63) is 0 Å². The lowest BCUT2D eigenvalue weighted by Gasteiger charge is -2.22. The summed E-state index contributed by atoms with van der Waals surface area (Å²) < 4.78 is 5.91. The SMILES string of the molecule is CCCCCCCCCCCCCCCCCCCC(C)C(CCCCCCCCCCCCCCCC)OC. The Bertz CT molecular complexity index is 433. The second-order valence-corrected chi connectivity index (χ2v) is 13.6. The monoisotopic (exact) mass is 565 g/mol. The maximum absolute atomic E-state index is 5.91. The minimum Gasteiger partial charge on any atom is -0.381 e. The van der Waals surface area contributed by atoms with E-state index in [9.17, 15) is 0 Å². The van der Waals surface area contributed by atoms with Gasteiger partial charge in [0.15, 0.2) is 0 Å². The van der Waals surface area contributed by atoms with Crippen LogP contribution in [-0.2, 0) is 4.74 Å². The highest BCUT2D eigenvalue weighted by atomic mass is 16.5. The predicted octanol–water partition coefficient (Wildman–Crippen LogP) is 14.6. The third-order valence-corrected chi connectivity index (χ3v) is 9.54. The lowest BCUT2D eigenvalue weighted by Crippen LogP contribution is -2.20. The molecule has 0 radical (unpaired) electrons. The highest BCUT2D eigenvalue weighted by molar-refractivity contribution is 4.67. The van der Waals surface area contributed by atoms with E-state index < -0.39 is 0 Å². The van der Waals surface area contributed by atoms with Crippen molar-refractivity contribution in [3.63, 3.8) is 0 Å². The Kier molecular flexibility index (Phi) is 35.1. The second kappa shape index (κ2) is 35.2. The minimum atomic E-state index is 0.485. The summed E-state index contributed by atoms with van der Waals surface area (Å²) in [5.74, 6) is 0.725. The Morgan fingerprint density at radius 1 is 0.325 bits per heavy atom. The molecule has 2 unspecified atom stereocenters. The molecule has 40 heavy (non-hydrogen) atoms. The van der Waals surface area contributed by atoms with E-state index in [0.717, 1.165) is 5.92 Å². The minimum absolute atomic E-state index is 0.485. The zero-order valence-electron chi connectivity index (χ0n) is 28.9. The Labute approximate surface area is 256 Å². The van der Waals surface area contributed by atoms with E-state index >= 15 is 0 Å². The molecule has 0 aliphatic carbocycles. The zero-order valence-corrected chi connectivity index (χ0v) is 28.9. The summed E-state index contributed by atoms with van der Waals surface area (Å²) >= 11 is 0. The first-order valence-electron chi connectivity index (χ1n) is 19.3. The molecule has 242 valence electrons. The summed E-state index contributed by atoms with van der Waals surface area (Å²) in [6, 6.07) is 0. The first kappa shape index (κ1) is 40.0. The molecule has 0 N–H and O–H groups in total. The van der Waals surface area contributed by atoms with Crippen molar-refractivity contribution in [1.82, 2.24) is 0 Å². The van der Waals surface area contributed by atoms with Gasteiger partial charge in [-0.15, -0.1) is 0 Å². The molecular formula is C39H80O. The summed E-state index contributed by atoms with van der Waals surface area (Å²) in [5, 5.41) is 0. The molecule has 0 rings (SSSR count). The van der Waals surface area contributed by atoms with Crippen molar-refractivity contribution in [2.24, 2.45) is 5.92 Å². The molecule has 0 saturated heterocycles. The molecule has 1 nitrogen and oxygen atoms in total. The van der Waals surface area contributed by atoms with Gasteiger partial charge in [0.05, 0.1) is 6.10 Å². The van der Waals surface area contributed by atoms with Crippen LogP contribution in [0.3, 0.4) is 0 Å². The van der Waals surface area contributed by atoms with Crippen LogP contribution in [0.2, 0.25) is 0 Å². The maximum atomic E-state index is 5.91. The maximum Gasteiger partial charge on any atom is 0.0596 e. The van der Waals surface area contributed by atoms with E-state index in [-0.39, 0.29) is 0 Å². The molecule has 0 aromatic carbocycles. The van der Waals surface area contributed by atoms with Crippen molar-refractivity contribution in [1.29, 1.82) is 0 Å². The molecule has 0 aliphatic rings. The standard InChI is InChI=1S/C39H80O/c1-5-7-9-11-13-15-17-19-21-22-23-24-26-28-30-32-34-36-38(3)39(40-4)37-35-33-31-29-27-25-20-18-16-14-12-10-8-6-2/h38-39H,5-37H2,1-4H3. The van der Waals surface area contributed by atoms with Crippen LogP contribution in [0.25, 0.3) is 0 Å². The first-order chi connectivity index (χ1) is 19.8. The van der Waals surface area contributed by atoms with E-state index in [1.54, 1.807) is 0 Å². The van der Waals surface area contributed by atoms with Crippen LogP contribution in [0.5, 0.6) is 0 Å². The fourth-order valence-electron chi connectivity index (χ4n) is 6.55. The van der Waals surface area contributed by atoms with Crippen LogP contribution < -0.4 is 0 Å². The molecule has 1 heteroatoms. The number of hydrogen-bond donors (Lipinski definition) is 0. The normalized spacial score (nSPS) is 13.2. The van der Waals surface area contributed by atoms with Gasteiger partial charge >= 0.3 is 0 Å². The number of hydrogen-bond acceptors (Lipinski definition) is 1. The van der Waals surface area contributed by atoms with Crippen LogP contribution in [0.1, 0.15) is 233 Å². The van der Waals surface area contributed by atoms with E-state index in [1.807, 2.05) is 7.11 Å². The van der Waals surface area contributed by atoms with Crippen molar-refractivity contribution in [2.45, 2.75) is 239 Å². The highest BCUT2D eigenvalue weighted by Crippen LogP contribution is 2.22. The molecule has 0 amide bonds. The molecule has 0 spiro atoms. The number of ether oxygens (including phenoxy) is 1. The van der Waals surface area contributed by atoms with Gasteiger partial charge in [-0.25, -0.2) is 0 Å². The van der Waals surface area contributed by atoms with Gasteiger partial charge in [-0.1, -0.05) is 220 Å². The van der Waals surface area contributed by atoms with E-state index in [0.29, 0.717) is 6.10 Å². The zero-order chi connectivity index (χ0) is 29.2.